The predicted octanol–water partition coefficient (Wildman–Crippen LogP) is 1.72. The molecule has 100 valence electrons. The predicted molar refractivity (Wildman–Crippen MR) is 67.2 cm³/mol. The quantitative estimate of drug-likeness (QED) is 0.621. The van der Waals surface area contributed by atoms with Gasteiger partial charge in [-0.1, -0.05) is 0 Å². The summed E-state index contributed by atoms with van der Waals surface area (Å²) in [6.45, 7) is 5.17. The lowest BCUT2D eigenvalue weighted by Gasteiger charge is -2.03. The third kappa shape index (κ3) is 2.40. The van der Waals surface area contributed by atoms with Crippen molar-refractivity contribution in [2.75, 3.05) is 0 Å². The summed E-state index contributed by atoms with van der Waals surface area (Å²) >= 11 is 0. The standard InChI is InChI=1S/C12H13N3O4/c1-7-4-5-14(12(16)11(7)15(17)18)6-10-13-8(2)9(3)19-10/h4-5H,6H2,1-3H3. The SMILES string of the molecule is Cc1ccn(Cc2nc(C)c(C)o2)c(=O)c1[N+](=O)[O-]. The average molecular weight is 263 g/mol. The van der Waals surface area contributed by atoms with Gasteiger partial charge in [0.25, 0.3) is 0 Å². The van der Waals surface area contributed by atoms with Gasteiger partial charge in [0.1, 0.15) is 12.3 Å². The van der Waals surface area contributed by atoms with E-state index in [4.69, 9.17) is 4.42 Å². The number of nitro groups is 1. The molecule has 0 N–H and O–H groups in total. The summed E-state index contributed by atoms with van der Waals surface area (Å²) in [4.78, 5) is 26.3. The van der Waals surface area contributed by atoms with Crippen LogP contribution >= 0.6 is 0 Å². The smallest absolute Gasteiger partial charge is 0.336 e. The molecule has 0 fully saturated rings. The Hall–Kier alpha value is -2.44. The van der Waals surface area contributed by atoms with E-state index in [1.165, 1.54) is 23.8 Å². The van der Waals surface area contributed by atoms with E-state index < -0.39 is 16.2 Å². The molecule has 0 unspecified atom stereocenters. The van der Waals surface area contributed by atoms with Crippen LogP contribution < -0.4 is 5.56 Å². The van der Waals surface area contributed by atoms with Crippen LogP contribution in [0.2, 0.25) is 0 Å². The van der Waals surface area contributed by atoms with Crippen molar-refractivity contribution in [2.24, 2.45) is 0 Å². The number of hydrogen-bond acceptors (Lipinski definition) is 5. The van der Waals surface area contributed by atoms with Crippen molar-refractivity contribution in [3.8, 4) is 0 Å². The Balaban J connectivity index is 2.44. The van der Waals surface area contributed by atoms with E-state index in [1.807, 2.05) is 0 Å². The highest BCUT2D eigenvalue weighted by atomic mass is 16.6. The summed E-state index contributed by atoms with van der Waals surface area (Å²) in [6.07, 6.45) is 1.50. The largest absolute Gasteiger partial charge is 0.444 e. The van der Waals surface area contributed by atoms with Gasteiger partial charge in [-0.2, -0.15) is 0 Å². The highest BCUT2D eigenvalue weighted by Gasteiger charge is 2.19. The molecule has 7 heteroatoms. The summed E-state index contributed by atoms with van der Waals surface area (Å²) in [6, 6.07) is 1.53. The molecule has 0 radical (unpaired) electrons. The molecule has 0 aromatic carbocycles. The first kappa shape index (κ1) is 13.0. The Labute approximate surface area is 108 Å². The second-order valence-corrected chi connectivity index (χ2v) is 4.29. The fraction of sp³-hybridized carbons (Fsp3) is 0.333. The first-order valence-corrected chi connectivity index (χ1v) is 5.67. The van der Waals surface area contributed by atoms with Gasteiger partial charge in [-0.05, 0) is 26.8 Å². The van der Waals surface area contributed by atoms with E-state index in [1.54, 1.807) is 13.8 Å². The summed E-state index contributed by atoms with van der Waals surface area (Å²) in [5.74, 6) is 1.03. The Morgan fingerprint density at radius 3 is 2.63 bits per heavy atom. The number of hydrogen-bond donors (Lipinski definition) is 0. The molecule has 7 nitrogen and oxygen atoms in total. The molecule has 0 bridgehead atoms. The van der Waals surface area contributed by atoms with Crippen LogP contribution in [-0.2, 0) is 6.54 Å². The molecule has 0 amide bonds. The maximum Gasteiger partial charge on any atom is 0.336 e. The summed E-state index contributed by atoms with van der Waals surface area (Å²) in [5.41, 5.74) is 0.0108. The lowest BCUT2D eigenvalue weighted by molar-refractivity contribution is -0.387. The molecule has 2 heterocycles. The third-order valence-electron chi connectivity index (χ3n) is 2.90. The molecule has 0 spiro atoms. The fourth-order valence-electron chi connectivity index (χ4n) is 1.75. The maximum absolute atomic E-state index is 12.0. The number of oxazole rings is 1. The van der Waals surface area contributed by atoms with E-state index in [-0.39, 0.29) is 6.54 Å². The van der Waals surface area contributed by atoms with Crippen molar-refractivity contribution in [3.05, 3.63) is 55.6 Å². The summed E-state index contributed by atoms with van der Waals surface area (Å²) in [5, 5.41) is 10.9. The van der Waals surface area contributed by atoms with Crippen LogP contribution in [0, 0.1) is 30.9 Å². The fourth-order valence-corrected chi connectivity index (χ4v) is 1.75. The van der Waals surface area contributed by atoms with Crippen molar-refractivity contribution >= 4 is 5.69 Å². The summed E-state index contributed by atoms with van der Waals surface area (Å²) in [7, 11) is 0. The zero-order valence-electron chi connectivity index (χ0n) is 10.8. The van der Waals surface area contributed by atoms with Crippen molar-refractivity contribution in [3.63, 3.8) is 0 Å². The molecule has 0 saturated heterocycles. The van der Waals surface area contributed by atoms with Crippen LogP contribution in [-0.4, -0.2) is 14.5 Å². The van der Waals surface area contributed by atoms with Gasteiger partial charge in [-0.3, -0.25) is 14.9 Å². The van der Waals surface area contributed by atoms with E-state index >= 15 is 0 Å². The highest BCUT2D eigenvalue weighted by Crippen LogP contribution is 2.13. The van der Waals surface area contributed by atoms with E-state index in [0.29, 0.717) is 17.2 Å². The lowest BCUT2D eigenvalue weighted by atomic mass is 10.2. The van der Waals surface area contributed by atoms with Gasteiger partial charge < -0.3 is 8.98 Å². The van der Waals surface area contributed by atoms with Gasteiger partial charge in [0.2, 0.25) is 5.89 Å². The molecule has 2 aromatic heterocycles. The second-order valence-electron chi connectivity index (χ2n) is 4.29. The zero-order chi connectivity index (χ0) is 14.2. The number of aryl methyl sites for hydroxylation is 3. The number of pyridine rings is 1. The Morgan fingerprint density at radius 2 is 2.11 bits per heavy atom. The van der Waals surface area contributed by atoms with Crippen LogP contribution in [0.3, 0.4) is 0 Å². The Bertz CT molecular complexity index is 680. The van der Waals surface area contributed by atoms with E-state index in [0.717, 1.165) is 5.69 Å². The molecule has 0 aliphatic carbocycles. The lowest BCUT2D eigenvalue weighted by Crippen LogP contribution is -2.23. The number of rotatable bonds is 3. The minimum Gasteiger partial charge on any atom is -0.444 e. The highest BCUT2D eigenvalue weighted by molar-refractivity contribution is 5.36. The van der Waals surface area contributed by atoms with Crippen molar-refractivity contribution in [1.29, 1.82) is 0 Å². The van der Waals surface area contributed by atoms with Crippen molar-refractivity contribution in [1.82, 2.24) is 9.55 Å². The van der Waals surface area contributed by atoms with Gasteiger partial charge in [-0.15, -0.1) is 0 Å². The Kier molecular flexibility index (Phi) is 3.20. The zero-order valence-corrected chi connectivity index (χ0v) is 10.8. The van der Waals surface area contributed by atoms with Gasteiger partial charge in [0.15, 0.2) is 0 Å². The molecule has 0 atom stereocenters. The number of aromatic nitrogens is 2. The van der Waals surface area contributed by atoms with Crippen LogP contribution in [0.5, 0.6) is 0 Å². The van der Waals surface area contributed by atoms with Gasteiger partial charge in [0, 0.05) is 11.8 Å². The monoisotopic (exact) mass is 263 g/mol. The number of nitrogens with zero attached hydrogens (tertiary/aromatic N) is 3. The van der Waals surface area contributed by atoms with Gasteiger partial charge in [-0.25, -0.2) is 4.98 Å². The van der Waals surface area contributed by atoms with E-state index in [2.05, 4.69) is 4.98 Å². The normalized spacial score (nSPS) is 10.7. The van der Waals surface area contributed by atoms with Crippen LogP contribution in [0.15, 0.2) is 21.5 Å². The first-order valence-electron chi connectivity index (χ1n) is 5.67. The topological polar surface area (TPSA) is 91.2 Å². The molecule has 0 aliphatic rings. The third-order valence-corrected chi connectivity index (χ3v) is 2.90. The van der Waals surface area contributed by atoms with Crippen LogP contribution in [0.25, 0.3) is 0 Å². The molecule has 0 aliphatic heterocycles. The van der Waals surface area contributed by atoms with Gasteiger partial charge in [0.05, 0.1) is 10.6 Å². The van der Waals surface area contributed by atoms with E-state index in [9.17, 15) is 14.9 Å². The van der Waals surface area contributed by atoms with Crippen molar-refractivity contribution < 1.29 is 9.34 Å². The molecule has 2 rings (SSSR count). The van der Waals surface area contributed by atoms with Crippen LogP contribution in [0.1, 0.15) is 22.9 Å². The molecule has 0 saturated carbocycles. The van der Waals surface area contributed by atoms with Gasteiger partial charge >= 0.3 is 11.2 Å². The summed E-state index contributed by atoms with van der Waals surface area (Å²) < 4.78 is 6.58. The average Bonchev–Trinajstić information content (AvgIpc) is 2.62. The van der Waals surface area contributed by atoms with Crippen molar-refractivity contribution in [2.45, 2.75) is 27.3 Å². The maximum atomic E-state index is 12.0. The second kappa shape index (κ2) is 4.68. The molecule has 19 heavy (non-hydrogen) atoms. The van der Waals surface area contributed by atoms with Crippen LogP contribution in [0.4, 0.5) is 5.69 Å². The minimum atomic E-state index is -0.666. The first-order chi connectivity index (χ1) is 8.90. The Morgan fingerprint density at radius 1 is 1.42 bits per heavy atom. The minimum absolute atomic E-state index is 0.0780. The molecule has 2 aromatic rings. The molecular formula is C12H13N3O4. The molecular weight excluding hydrogens is 250 g/mol.